The van der Waals surface area contributed by atoms with Gasteiger partial charge >= 0.3 is 10.4 Å². The van der Waals surface area contributed by atoms with Crippen molar-refractivity contribution in [2.45, 2.75) is 26.0 Å². The summed E-state index contributed by atoms with van der Waals surface area (Å²) in [6, 6.07) is 0. The fourth-order valence-corrected chi connectivity index (χ4v) is 1.59. The molecule has 0 saturated heterocycles. The van der Waals surface area contributed by atoms with Crippen LogP contribution in [0.5, 0.6) is 0 Å². The average Bonchev–Trinajstić information content (AvgIpc) is 1.81. The summed E-state index contributed by atoms with van der Waals surface area (Å²) in [5.74, 6) is 0. The SMILES string of the molecule is CCCC(OS(=O)(=O)O)[N+](C)(C)C. The molecule has 0 aliphatic heterocycles. The maximum absolute atomic E-state index is 10.5. The third-order valence-electron chi connectivity index (χ3n) is 1.63. The van der Waals surface area contributed by atoms with E-state index >= 15 is 0 Å². The van der Waals surface area contributed by atoms with E-state index in [0.29, 0.717) is 10.9 Å². The Bertz CT molecular complexity index is 242. The highest BCUT2D eigenvalue weighted by Gasteiger charge is 2.28. The Hall–Kier alpha value is -0.170. The molecule has 0 aromatic heterocycles. The lowest BCUT2D eigenvalue weighted by molar-refractivity contribution is -0.915. The van der Waals surface area contributed by atoms with Gasteiger partial charge in [-0.05, 0) is 6.42 Å². The molecule has 13 heavy (non-hydrogen) atoms. The Morgan fingerprint density at radius 3 is 2.08 bits per heavy atom. The Morgan fingerprint density at radius 2 is 1.85 bits per heavy atom. The number of nitrogens with zero attached hydrogens (tertiary/aromatic N) is 1. The first-order valence-electron chi connectivity index (χ1n) is 4.13. The minimum absolute atomic E-state index is 0.341. The third kappa shape index (κ3) is 5.98. The van der Waals surface area contributed by atoms with Crippen LogP contribution in [0.1, 0.15) is 19.8 Å². The van der Waals surface area contributed by atoms with E-state index in [1.807, 2.05) is 28.1 Å². The molecule has 0 rings (SSSR count). The second kappa shape index (κ2) is 4.36. The van der Waals surface area contributed by atoms with Crippen LogP contribution in [0, 0.1) is 0 Å². The highest BCUT2D eigenvalue weighted by molar-refractivity contribution is 7.80. The maximum atomic E-state index is 10.5. The molecule has 0 aliphatic rings. The first kappa shape index (κ1) is 12.8. The number of quaternary nitrogens is 1. The predicted molar refractivity (Wildman–Crippen MR) is 49.4 cm³/mol. The zero-order valence-electron chi connectivity index (χ0n) is 8.52. The van der Waals surface area contributed by atoms with Gasteiger partial charge in [-0.25, -0.2) is 0 Å². The Morgan fingerprint density at radius 1 is 1.38 bits per heavy atom. The van der Waals surface area contributed by atoms with Crippen molar-refractivity contribution in [1.82, 2.24) is 0 Å². The minimum Gasteiger partial charge on any atom is -0.305 e. The van der Waals surface area contributed by atoms with Crippen molar-refractivity contribution < 1.29 is 21.6 Å². The number of hydrogen-bond donors (Lipinski definition) is 1. The van der Waals surface area contributed by atoms with Gasteiger partial charge < -0.3 is 4.48 Å². The summed E-state index contributed by atoms with van der Waals surface area (Å²) in [6.07, 6.45) is 0.860. The van der Waals surface area contributed by atoms with Crippen LogP contribution in [0.25, 0.3) is 0 Å². The van der Waals surface area contributed by atoms with Gasteiger partial charge in [0, 0.05) is 6.42 Å². The number of hydrogen-bond acceptors (Lipinski definition) is 3. The van der Waals surface area contributed by atoms with Gasteiger partial charge in [0.25, 0.3) is 0 Å². The molecule has 0 aromatic rings. The van der Waals surface area contributed by atoms with E-state index in [4.69, 9.17) is 4.55 Å². The standard InChI is InChI=1S/C7H17NO4S/c1-5-6-7(8(2,3)4)12-13(9,10)11/h7H,5-6H2,1-4H3/p+1. The minimum atomic E-state index is -4.34. The third-order valence-corrected chi connectivity index (χ3v) is 2.10. The molecule has 6 heteroatoms. The normalized spacial score (nSPS) is 15.8. The van der Waals surface area contributed by atoms with Crippen molar-refractivity contribution >= 4 is 10.4 Å². The summed E-state index contributed by atoms with van der Waals surface area (Å²) < 4.78 is 34.4. The second-order valence-corrected chi connectivity index (χ2v) is 4.93. The average molecular weight is 212 g/mol. The lowest BCUT2D eigenvalue weighted by Crippen LogP contribution is -2.47. The molecule has 0 heterocycles. The van der Waals surface area contributed by atoms with Crippen LogP contribution in [0.15, 0.2) is 0 Å². The van der Waals surface area contributed by atoms with Crippen LogP contribution in [-0.4, -0.2) is 44.8 Å². The van der Waals surface area contributed by atoms with Crippen LogP contribution in [0.4, 0.5) is 0 Å². The summed E-state index contributed by atoms with van der Waals surface area (Å²) in [6.45, 7) is 1.93. The van der Waals surface area contributed by atoms with E-state index in [-0.39, 0.29) is 0 Å². The summed E-state index contributed by atoms with van der Waals surface area (Å²) in [5.41, 5.74) is 0. The Balaban J connectivity index is 4.45. The van der Waals surface area contributed by atoms with Crippen molar-refractivity contribution in [2.24, 2.45) is 0 Å². The summed E-state index contributed by atoms with van der Waals surface area (Å²) in [5, 5.41) is 0. The predicted octanol–water partition coefficient (Wildman–Crippen LogP) is 0.638. The quantitative estimate of drug-likeness (QED) is 0.412. The van der Waals surface area contributed by atoms with Crippen molar-refractivity contribution in [3.8, 4) is 0 Å². The van der Waals surface area contributed by atoms with E-state index < -0.39 is 16.6 Å². The maximum Gasteiger partial charge on any atom is 0.402 e. The van der Waals surface area contributed by atoms with Gasteiger partial charge in [0.1, 0.15) is 0 Å². The molecular weight excluding hydrogens is 194 g/mol. The van der Waals surface area contributed by atoms with Crippen LogP contribution < -0.4 is 0 Å². The lowest BCUT2D eigenvalue weighted by atomic mass is 10.3. The van der Waals surface area contributed by atoms with Crippen molar-refractivity contribution in [3.63, 3.8) is 0 Å². The fraction of sp³-hybridized carbons (Fsp3) is 1.00. The lowest BCUT2D eigenvalue weighted by Gasteiger charge is -2.31. The van der Waals surface area contributed by atoms with Crippen LogP contribution in [-0.2, 0) is 14.6 Å². The molecule has 0 fully saturated rings. The van der Waals surface area contributed by atoms with Crippen molar-refractivity contribution in [1.29, 1.82) is 0 Å². The van der Waals surface area contributed by atoms with Crippen molar-refractivity contribution in [3.05, 3.63) is 0 Å². The van der Waals surface area contributed by atoms with E-state index in [9.17, 15) is 8.42 Å². The van der Waals surface area contributed by atoms with Gasteiger partial charge in [0.05, 0.1) is 21.1 Å². The summed E-state index contributed by atoms with van der Waals surface area (Å²) in [7, 11) is 1.09. The molecule has 80 valence electrons. The largest absolute Gasteiger partial charge is 0.402 e. The molecular formula is C7H18NO4S+. The molecule has 1 atom stereocenters. The van der Waals surface area contributed by atoms with Crippen LogP contribution >= 0.6 is 0 Å². The van der Waals surface area contributed by atoms with Crippen molar-refractivity contribution in [2.75, 3.05) is 21.1 Å². The van der Waals surface area contributed by atoms with Crippen LogP contribution in [0.2, 0.25) is 0 Å². The van der Waals surface area contributed by atoms with E-state index in [1.165, 1.54) is 0 Å². The molecule has 0 aliphatic carbocycles. The first-order chi connectivity index (χ1) is 5.67. The van der Waals surface area contributed by atoms with E-state index in [0.717, 1.165) is 6.42 Å². The molecule has 1 N–H and O–H groups in total. The summed E-state index contributed by atoms with van der Waals surface area (Å²) in [4.78, 5) is 0. The molecule has 5 nitrogen and oxygen atoms in total. The molecule has 0 aromatic carbocycles. The fourth-order valence-electron chi connectivity index (χ4n) is 0.952. The Labute approximate surface area is 79.8 Å². The molecule has 0 amide bonds. The van der Waals surface area contributed by atoms with Gasteiger partial charge in [-0.2, -0.15) is 12.6 Å². The summed E-state index contributed by atoms with van der Waals surface area (Å²) >= 11 is 0. The smallest absolute Gasteiger partial charge is 0.305 e. The zero-order valence-corrected chi connectivity index (χ0v) is 9.34. The highest BCUT2D eigenvalue weighted by Crippen LogP contribution is 2.13. The Kier molecular flexibility index (Phi) is 4.31. The molecule has 0 bridgehead atoms. The van der Waals surface area contributed by atoms with Crippen LogP contribution in [0.3, 0.4) is 0 Å². The molecule has 0 radical (unpaired) electrons. The topological polar surface area (TPSA) is 63.6 Å². The van der Waals surface area contributed by atoms with Gasteiger partial charge in [-0.15, -0.1) is 0 Å². The number of rotatable bonds is 5. The molecule has 0 saturated carbocycles. The first-order valence-corrected chi connectivity index (χ1v) is 5.50. The van der Waals surface area contributed by atoms with E-state index in [2.05, 4.69) is 4.18 Å². The zero-order chi connectivity index (χ0) is 10.7. The van der Waals surface area contributed by atoms with Gasteiger partial charge in [0.15, 0.2) is 0 Å². The monoisotopic (exact) mass is 212 g/mol. The van der Waals surface area contributed by atoms with E-state index in [1.54, 1.807) is 0 Å². The molecule has 1 unspecified atom stereocenters. The molecule has 0 spiro atoms. The highest BCUT2D eigenvalue weighted by atomic mass is 32.3. The second-order valence-electron chi connectivity index (χ2n) is 3.88. The van der Waals surface area contributed by atoms with Gasteiger partial charge in [-0.3, -0.25) is 4.55 Å². The van der Waals surface area contributed by atoms with Gasteiger partial charge in [-0.1, -0.05) is 6.92 Å². The van der Waals surface area contributed by atoms with Gasteiger partial charge in [0.2, 0.25) is 6.23 Å².